The molecule has 1 aromatic heterocycles. The first-order valence-electron chi connectivity index (χ1n) is 6.57. The SMILES string of the molecule is CCC(NC(=O)c1c(Cl)cnn1C)c1ccc(C)cc1. The second-order valence-corrected chi connectivity index (χ2v) is 5.22. The van der Waals surface area contributed by atoms with Crippen molar-refractivity contribution in [3.8, 4) is 0 Å². The van der Waals surface area contributed by atoms with Gasteiger partial charge in [-0.1, -0.05) is 48.4 Å². The van der Waals surface area contributed by atoms with Crippen LogP contribution in [0.5, 0.6) is 0 Å². The summed E-state index contributed by atoms with van der Waals surface area (Å²) in [5.74, 6) is -0.206. The fourth-order valence-electron chi connectivity index (χ4n) is 2.11. The molecule has 2 rings (SSSR count). The van der Waals surface area contributed by atoms with E-state index in [1.165, 1.54) is 16.4 Å². The van der Waals surface area contributed by atoms with E-state index in [1.54, 1.807) is 7.05 Å². The number of nitrogens with one attached hydrogen (secondary N) is 1. The molecule has 0 spiro atoms. The third-order valence-corrected chi connectivity index (χ3v) is 3.58. The molecule has 106 valence electrons. The summed E-state index contributed by atoms with van der Waals surface area (Å²) >= 11 is 5.99. The molecule has 1 atom stereocenters. The van der Waals surface area contributed by atoms with Gasteiger partial charge < -0.3 is 5.32 Å². The maximum absolute atomic E-state index is 12.3. The number of aromatic nitrogens is 2. The highest BCUT2D eigenvalue weighted by atomic mass is 35.5. The number of nitrogens with zero attached hydrogens (tertiary/aromatic N) is 2. The van der Waals surface area contributed by atoms with Gasteiger partial charge in [-0.15, -0.1) is 0 Å². The van der Waals surface area contributed by atoms with Gasteiger partial charge in [-0.05, 0) is 18.9 Å². The molecule has 2 aromatic rings. The van der Waals surface area contributed by atoms with Crippen LogP contribution < -0.4 is 5.32 Å². The van der Waals surface area contributed by atoms with E-state index < -0.39 is 0 Å². The maximum Gasteiger partial charge on any atom is 0.271 e. The van der Waals surface area contributed by atoms with E-state index in [4.69, 9.17) is 11.6 Å². The van der Waals surface area contributed by atoms with Gasteiger partial charge in [0.1, 0.15) is 5.69 Å². The first-order valence-corrected chi connectivity index (χ1v) is 6.95. The van der Waals surface area contributed by atoms with E-state index in [1.807, 2.05) is 38.1 Å². The molecule has 1 amide bonds. The van der Waals surface area contributed by atoms with E-state index in [2.05, 4.69) is 10.4 Å². The molecule has 1 heterocycles. The highest BCUT2D eigenvalue weighted by Crippen LogP contribution is 2.20. The smallest absolute Gasteiger partial charge is 0.271 e. The largest absolute Gasteiger partial charge is 0.344 e. The van der Waals surface area contributed by atoms with Crippen LogP contribution in [-0.2, 0) is 7.05 Å². The van der Waals surface area contributed by atoms with Crippen molar-refractivity contribution in [3.63, 3.8) is 0 Å². The molecule has 0 radical (unpaired) electrons. The summed E-state index contributed by atoms with van der Waals surface area (Å²) in [5, 5.41) is 7.35. The molecule has 5 heteroatoms. The Bertz CT molecular complexity index is 585. The van der Waals surface area contributed by atoms with Crippen LogP contribution in [0.25, 0.3) is 0 Å². The Hall–Kier alpha value is -1.81. The Kier molecular flexibility index (Phi) is 4.45. The van der Waals surface area contributed by atoms with Crippen LogP contribution in [0.1, 0.15) is 41.0 Å². The van der Waals surface area contributed by atoms with Crippen LogP contribution in [0, 0.1) is 6.92 Å². The van der Waals surface area contributed by atoms with Crippen molar-refractivity contribution in [3.05, 3.63) is 52.3 Å². The molecule has 0 bridgehead atoms. The molecule has 0 fully saturated rings. The van der Waals surface area contributed by atoms with Gasteiger partial charge in [-0.2, -0.15) is 5.10 Å². The number of hydrogen-bond acceptors (Lipinski definition) is 2. The molecule has 4 nitrogen and oxygen atoms in total. The minimum Gasteiger partial charge on any atom is -0.344 e. The normalized spacial score (nSPS) is 12.2. The number of rotatable bonds is 4. The molecule has 0 saturated heterocycles. The lowest BCUT2D eigenvalue weighted by molar-refractivity contribution is 0.0926. The van der Waals surface area contributed by atoms with Crippen molar-refractivity contribution in [2.45, 2.75) is 26.3 Å². The number of benzene rings is 1. The molecule has 1 aromatic carbocycles. The molecule has 20 heavy (non-hydrogen) atoms. The molecule has 0 aliphatic rings. The number of carbonyl (C=O) groups is 1. The zero-order valence-corrected chi connectivity index (χ0v) is 12.6. The molecule has 0 aliphatic heterocycles. The van der Waals surface area contributed by atoms with Gasteiger partial charge in [-0.25, -0.2) is 0 Å². The highest BCUT2D eigenvalue weighted by molar-refractivity contribution is 6.33. The summed E-state index contributed by atoms with van der Waals surface area (Å²) < 4.78 is 1.49. The van der Waals surface area contributed by atoms with Crippen molar-refractivity contribution >= 4 is 17.5 Å². The molecule has 1 N–H and O–H groups in total. The standard InChI is InChI=1S/C15H18ClN3O/c1-4-13(11-7-5-10(2)6-8-11)18-15(20)14-12(16)9-17-19(14)3/h5-9,13H,4H2,1-3H3,(H,18,20). The Labute approximate surface area is 123 Å². The van der Waals surface area contributed by atoms with Crippen LogP contribution in [0.3, 0.4) is 0 Å². The molecular weight excluding hydrogens is 274 g/mol. The first kappa shape index (κ1) is 14.6. The van der Waals surface area contributed by atoms with Crippen LogP contribution >= 0.6 is 11.6 Å². The zero-order valence-electron chi connectivity index (χ0n) is 11.9. The van der Waals surface area contributed by atoms with Gasteiger partial charge in [0.2, 0.25) is 0 Å². The maximum atomic E-state index is 12.3. The van der Waals surface area contributed by atoms with Gasteiger partial charge in [-0.3, -0.25) is 9.48 Å². The second kappa shape index (κ2) is 6.09. The summed E-state index contributed by atoms with van der Waals surface area (Å²) in [5.41, 5.74) is 2.67. The van der Waals surface area contributed by atoms with Crippen LogP contribution in [0.15, 0.2) is 30.5 Å². The summed E-state index contributed by atoms with van der Waals surface area (Å²) in [7, 11) is 1.70. The van der Waals surface area contributed by atoms with E-state index in [9.17, 15) is 4.79 Å². The third-order valence-electron chi connectivity index (χ3n) is 3.30. The Morgan fingerprint density at radius 1 is 1.40 bits per heavy atom. The Morgan fingerprint density at radius 3 is 2.55 bits per heavy atom. The second-order valence-electron chi connectivity index (χ2n) is 4.81. The molecule has 1 unspecified atom stereocenters. The Balaban J connectivity index is 2.18. The fraction of sp³-hybridized carbons (Fsp3) is 0.333. The summed E-state index contributed by atoms with van der Waals surface area (Å²) in [6.07, 6.45) is 2.29. The summed E-state index contributed by atoms with van der Waals surface area (Å²) in [6, 6.07) is 8.13. The summed E-state index contributed by atoms with van der Waals surface area (Å²) in [4.78, 5) is 12.3. The minimum absolute atomic E-state index is 0.0333. The lowest BCUT2D eigenvalue weighted by Crippen LogP contribution is -2.30. The van der Waals surface area contributed by atoms with Crippen molar-refractivity contribution in [2.24, 2.45) is 7.05 Å². The van der Waals surface area contributed by atoms with Crippen LogP contribution in [0.2, 0.25) is 5.02 Å². The van der Waals surface area contributed by atoms with Crippen LogP contribution in [0.4, 0.5) is 0 Å². The number of amides is 1. The number of carbonyl (C=O) groups excluding carboxylic acids is 1. The van der Waals surface area contributed by atoms with Gasteiger partial charge >= 0.3 is 0 Å². The van der Waals surface area contributed by atoms with Crippen molar-refractivity contribution in [2.75, 3.05) is 0 Å². The number of aryl methyl sites for hydroxylation is 2. The van der Waals surface area contributed by atoms with Crippen molar-refractivity contribution < 1.29 is 4.79 Å². The average molecular weight is 292 g/mol. The Morgan fingerprint density at radius 2 is 2.05 bits per heavy atom. The predicted molar refractivity (Wildman–Crippen MR) is 79.9 cm³/mol. The lowest BCUT2D eigenvalue weighted by Gasteiger charge is -2.18. The monoisotopic (exact) mass is 291 g/mol. The zero-order chi connectivity index (χ0) is 14.7. The fourth-order valence-corrected chi connectivity index (χ4v) is 2.36. The number of hydrogen-bond donors (Lipinski definition) is 1. The number of halogens is 1. The van der Waals surface area contributed by atoms with E-state index in [0.717, 1.165) is 12.0 Å². The molecule has 0 aliphatic carbocycles. The first-order chi connectivity index (χ1) is 9.52. The van der Waals surface area contributed by atoms with Crippen molar-refractivity contribution in [1.82, 2.24) is 15.1 Å². The highest BCUT2D eigenvalue weighted by Gasteiger charge is 2.19. The van der Waals surface area contributed by atoms with Gasteiger partial charge in [0.15, 0.2) is 0 Å². The quantitative estimate of drug-likeness (QED) is 0.940. The van der Waals surface area contributed by atoms with E-state index in [-0.39, 0.29) is 11.9 Å². The topological polar surface area (TPSA) is 46.9 Å². The molecule has 0 saturated carbocycles. The van der Waals surface area contributed by atoms with E-state index >= 15 is 0 Å². The van der Waals surface area contributed by atoms with E-state index in [0.29, 0.717) is 10.7 Å². The third kappa shape index (κ3) is 3.02. The van der Waals surface area contributed by atoms with Crippen LogP contribution in [-0.4, -0.2) is 15.7 Å². The minimum atomic E-state index is -0.206. The van der Waals surface area contributed by atoms with Crippen molar-refractivity contribution in [1.29, 1.82) is 0 Å². The lowest BCUT2D eigenvalue weighted by atomic mass is 10.0. The average Bonchev–Trinajstić information content (AvgIpc) is 2.76. The molecular formula is C15H18ClN3O. The van der Waals surface area contributed by atoms with Gasteiger partial charge in [0.25, 0.3) is 5.91 Å². The van der Waals surface area contributed by atoms with Gasteiger partial charge in [0.05, 0.1) is 17.3 Å². The predicted octanol–water partition coefficient (Wildman–Crippen LogP) is 3.26. The van der Waals surface area contributed by atoms with Gasteiger partial charge in [0, 0.05) is 7.05 Å². The summed E-state index contributed by atoms with van der Waals surface area (Å²) in [6.45, 7) is 4.08.